The van der Waals surface area contributed by atoms with Gasteiger partial charge >= 0.3 is 0 Å². The molecule has 1 saturated heterocycles. The highest BCUT2D eigenvalue weighted by Crippen LogP contribution is 2.11. The van der Waals surface area contributed by atoms with Crippen molar-refractivity contribution in [1.82, 2.24) is 14.5 Å². The van der Waals surface area contributed by atoms with Gasteiger partial charge in [0, 0.05) is 37.8 Å². The van der Waals surface area contributed by atoms with Gasteiger partial charge in [-0.25, -0.2) is 4.98 Å². The number of carbonyl (C=O) groups is 1. The van der Waals surface area contributed by atoms with E-state index in [2.05, 4.69) is 9.88 Å². The van der Waals surface area contributed by atoms with Crippen molar-refractivity contribution < 1.29 is 9.53 Å². The van der Waals surface area contributed by atoms with Gasteiger partial charge in [-0.15, -0.1) is 0 Å². The molecule has 3 heterocycles. The Kier molecular flexibility index (Phi) is 4.17. The van der Waals surface area contributed by atoms with Crippen molar-refractivity contribution in [2.24, 2.45) is 5.73 Å². The molecule has 2 N–H and O–H groups in total. The quantitative estimate of drug-likeness (QED) is 0.846. The highest BCUT2D eigenvalue weighted by Gasteiger charge is 2.16. The number of nitrogens with zero attached hydrogens (tertiary/aromatic N) is 3. The number of hydrogen-bond donors (Lipinski definition) is 1. The molecule has 7 heteroatoms. The maximum absolute atomic E-state index is 12.5. The first-order chi connectivity index (χ1) is 10.7. The van der Waals surface area contributed by atoms with Crippen LogP contribution in [0.15, 0.2) is 29.2 Å². The van der Waals surface area contributed by atoms with Crippen LogP contribution in [0.5, 0.6) is 0 Å². The molecule has 3 rings (SSSR count). The molecule has 7 nitrogen and oxygen atoms in total. The summed E-state index contributed by atoms with van der Waals surface area (Å²) in [6, 6.07) is 5.10. The molecule has 0 aliphatic carbocycles. The van der Waals surface area contributed by atoms with Gasteiger partial charge in [0.1, 0.15) is 11.2 Å². The molecule has 2 aromatic rings. The summed E-state index contributed by atoms with van der Waals surface area (Å²) in [5.74, 6) is -0.712. The van der Waals surface area contributed by atoms with E-state index in [1.165, 1.54) is 10.6 Å². The number of fused-ring (bicyclic) bond motifs is 1. The van der Waals surface area contributed by atoms with Crippen LogP contribution in [0.3, 0.4) is 0 Å². The molecule has 1 fully saturated rings. The Morgan fingerprint density at radius 1 is 1.32 bits per heavy atom. The van der Waals surface area contributed by atoms with E-state index in [1.807, 2.05) is 6.07 Å². The molecule has 1 aliphatic rings. The van der Waals surface area contributed by atoms with E-state index >= 15 is 0 Å². The van der Waals surface area contributed by atoms with E-state index in [-0.39, 0.29) is 11.1 Å². The number of hydrogen-bond acceptors (Lipinski definition) is 5. The Morgan fingerprint density at radius 3 is 2.82 bits per heavy atom. The van der Waals surface area contributed by atoms with Crippen LogP contribution in [0.2, 0.25) is 0 Å². The third-order valence-electron chi connectivity index (χ3n) is 3.86. The fourth-order valence-corrected chi connectivity index (χ4v) is 2.66. The molecule has 1 aliphatic heterocycles. The third-order valence-corrected chi connectivity index (χ3v) is 3.86. The summed E-state index contributed by atoms with van der Waals surface area (Å²) >= 11 is 0. The lowest BCUT2D eigenvalue weighted by molar-refractivity contribution is 0.0364. The second kappa shape index (κ2) is 6.25. The summed E-state index contributed by atoms with van der Waals surface area (Å²) in [7, 11) is 0. The van der Waals surface area contributed by atoms with Crippen LogP contribution >= 0.6 is 0 Å². The van der Waals surface area contributed by atoms with Gasteiger partial charge in [0.15, 0.2) is 0 Å². The number of carbonyl (C=O) groups excluding carboxylic acids is 1. The van der Waals surface area contributed by atoms with Gasteiger partial charge in [0.05, 0.1) is 13.2 Å². The second-order valence-electron chi connectivity index (χ2n) is 5.25. The minimum atomic E-state index is -0.712. The van der Waals surface area contributed by atoms with Gasteiger partial charge in [-0.1, -0.05) is 0 Å². The van der Waals surface area contributed by atoms with Crippen LogP contribution in [-0.4, -0.2) is 53.2 Å². The minimum absolute atomic E-state index is 0.00229. The number of aromatic nitrogens is 2. The Bertz CT molecular complexity index is 750. The summed E-state index contributed by atoms with van der Waals surface area (Å²) in [5.41, 5.74) is 5.51. The maximum Gasteiger partial charge on any atom is 0.265 e. The number of morpholine rings is 1. The smallest absolute Gasteiger partial charge is 0.265 e. The highest BCUT2D eigenvalue weighted by molar-refractivity contribution is 5.95. The first kappa shape index (κ1) is 14.7. The van der Waals surface area contributed by atoms with E-state index in [0.29, 0.717) is 32.0 Å². The number of nitrogens with two attached hydrogens (primary N) is 1. The largest absolute Gasteiger partial charge is 0.379 e. The predicted octanol–water partition coefficient (Wildman–Crippen LogP) is -0.172. The fraction of sp³-hybridized carbons (Fsp3) is 0.400. The Morgan fingerprint density at radius 2 is 2.09 bits per heavy atom. The van der Waals surface area contributed by atoms with Crippen molar-refractivity contribution in [2.45, 2.75) is 6.54 Å². The average molecular weight is 302 g/mol. The van der Waals surface area contributed by atoms with Crippen LogP contribution in [0.4, 0.5) is 0 Å². The SMILES string of the molecule is NC(=O)c1cc2cccnc2n(CCN2CCOCC2)c1=O. The lowest BCUT2D eigenvalue weighted by Crippen LogP contribution is -2.40. The Hall–Kier alpha value is -2.25. The lowest BCUT2D eigenvalue weighted by Gasteiger charge is -2.26. The molecule has 22 heavy (non-hydrogen) atoms. The van der Waals surface area contributed by atoms with Gasteiger partial charge in [-0.05, 0) is 18.2 Å². The van der Waals surface area contributed by atoms with E-state index in [4.69, 9.17) is 10.5 Å². The lowest BCUT2D eigenvalue weighted by atomic mass is 10.2. The van der Waals surface area contributed by atoms with Gasteiger partial charge in [0.25, 0.3) is 11.5 Å². The fourth-order valence-electron chi connectivity index (χ4n) is 2.66. The van der Waals surface area contributed by atoms with Gasteiger partial charge in [-0.3, -0.25) is 19.1 Å². The number of ether oxygens (including phenoxy) is 1. The molecule has 0 bridgehead atoms. The molecule has 0 spiro atoms. The van der Waals surface area contributed by atoms with Crippen LogP contribution in [0.1, 0.15) is 10.4 Å². The molecule has 116 valence electrons. The van der Waals surface area contributed by atoms with Crippen molar-refractivity contribution >= 4 is 16.9 Å². The Labute approximate surface area is 127 Å². The number of rotatable bonds is 4. The van der Waals surface area contributed by atoms with Crippen molar-refractivity contribution in [1.29, 1.82) is 0 Å². The first-order valence-electron chi connectivity index (χ1n) is 7.25. The standard InChI is InChI=1S/C15H18N4O3/c16-13(20)12-10-11-2-1-3-17-14(11)19(15(12)21)5-4-18-6-8-22-9-7-18/h1-3,10H,4-9H2,(H2,16,20). The van der Waals surface area contributed by atoms with E-state index in [1.54, 1.807) is 12.3 Å². The summed E-state index contributed by atoms with van der Waals surface area (Å²) in [6.45, 7) is 4.26. The summed E-state index contributed by atoms with van der Waals surface area (Å²) < 4.78 is 6.85. The van der Waals surface area contributed by atoms with Crippen LogP contribution in [0, 0.1) is 0 Å². The molecule has 0 atom stereocenters. The predicted molar refractivity (Wildman–Crippen MR) is 81.8 cm³/mol. The number of primary amides is 1. The van der Waals surface area contributed by atoms with Crippen LogP contribution in [0.25, 0.3) is 11.0 Å². The summed E-state index contributed by atoms with van der Waals surface area (Å²) in [5, 5.41) is 0.734. The van der Waals surface area contributed by atoms with Crippen molar-refractivity contribution in [2.75, 3.05) is 32.8 Å². The van der Waals surface area contributed by atoms with Crippen molar-refractivity contribution in [3.63, 3.8) is 0 Å². The second-order valence-corrected chi connectivity index (χ2v) is 5.25. The number of amides is 1. The van der Waals surface area contributed by atoms with Crippen LogP contribution in [-0.2, 0) is 11.3 Å². The van der Waals surface area contributed by atoms with E-state index in [0.717, 1.165) is 18.5 Å². The number of pyridine rings is 2. The summed E-state index contributed by atoms with van der Waals surface area (Å²) in [6.07, 6.45) is 1.64. The van der Waals surface area contributed by atoms with E-state index in [9.17, 15) is 9.59 Å². The van der Waals surface area contributed by atoms with E-state index < -0.39 is 5.91 Å². The molecule has 1 amide bonds. The highest BCUT2D eigenvalue weighted by atomic mass is 16.5. The zero-order valence-corrected chi connectivity index (χ0v) is 12.2. The average Bonchev–Trinajstić information content (AvgIpc) is 2.54. The molecule has 2 aromatic heterocycles. The molecular weight excluding hydrogens is 284 g/mol. The molecular formula is C15H18N4O3. The monoisotopic (exact) mass is 302 g/mol. The van der Waals surface area contributed by atoms with Crippen LogP contribution < -0.4 is 11.3 Å². The summed E-state index contributed by atoms with van der Waals surface area (Å²) in [4.78, 5) is 30.5. The normalized spacial score (nSPS) is 16.0. The molecule has 0 radical (unpaired) electrons. The Balaban J connectivity index is 1.97. The zero-order chi connectivity index (χ0) is 15.5. The molecule has 0 saturated carbocycles. The molecule has 0 unspecified atom stereocenters. The third kappa shape index (κ3) is 2.86. The maximum atomic E-state index is 12.5. The van der Waals surface area contributed by atoms with Gasteiger partial charge in [-0.2, -0.15) is 0 Å². The topological polar surface area (TPSA) is 90.5 Å². The van der Waals surface area contributed by atoms with Gasteiger partial charge < -0.3 is 10.5 Å². The van der Waals surface area contributed by atoms with Crippen molar-refractivity contribution in [3.05, 3.63) is 40.3 Å². The minimum Gasteiger partial charge on any atom is -0.379 e. The molecule has 0 aromatic carbocycles. The van der Waals surface area contributed by atoms with Crippen molar-refractivity contribution in [3.8, 4) is 0 Å². The van der Waals surface area contributed by atoms with Gasteiger partial charge in [0.2, 0.25) is 0 Å². The zero-order valence-electron chi connectivity index (χ0n) is 12.2. The first-order valence-corrected chi connectivity index (χ1v) is 7.25.